The highest BCUT2D eigenvalue weighted by atomic mass is 32.1. The first-order valence-electron chi connectivity index (χ1n) is 5.68. The average molecular weight is 241 g/mol. The molecule has 0 bridgehead atoms. The van der Waals surface area contributed by atoms with Crippen molar-refractivity contribution in [2.45, 2.75) is 39.7 Å². The number of nitrogens with one attached hydrogen (secondary N) is 1. The van der Waals surface area contributed by atoms with Crippen molar-refractivity contribution in [1.82, 2.24) is 5.32 Å². The van der Waals surface area contributed by atoms with E-state index < -0.39 is 5.97 Å². The molecule has 0 aromatic carbocycles. The molecule has 2 N–H and O–H groups in total. The van der Waals surface area contributed by atoms with Gasteiger partial charge >= 0.3 is 5.97 Å². The van der Waals surface area contributed by atoms with E-state index in [2.05, 4.69) is 12.2 Å². The van der Waals surface area contributed by atoms with Crippen LogP contribution in [0.1, 0.15) is 46.3 Å². The van der Waals surface area contributed by atoms with Crippen molar-refractivity contribution in [2.24, 2.45) is 0 Å². The van der Waals surface area contributed by atoms with Crippen molar-refractivity contribution in [2.75, 3.05) is 6.54 Å². The molecule has 16 heavy (non-hydrogen) atoms. The molecule has 1 aromatic rings. The second-order valence-corrected chi connectivity index (χ2v) is 5.14. The number of aromatic carboxylic acids is 1. The summed E-state index contributed by atoms with van der Waals surface area (Å²) in [6.07, 6.45) is 3.66. The van der Waals surface area contributed by atoms with Gasteiger partial charge in [-0.25, -0.2) is 4.79 Å². The average Bonchev–Trinajstić information content (AvgIpc) is 2.60. The van der Waals surface area contributed by atoms with E-state index in [1.165, 1.54) is 30.6 Å². The van der Waals surface area contributed by atoms with Gasteiger partial charge < -0.3 is 10.4 Å². The summed E-state index contributed by atoms with van der Waals surface area (Å²) < 4.78 is 0. The Kier molecular flexibility index (Phi) is 5.49. The summed E-state index contributed by atoms with van der Waals surface area (Å²) >= 11 is 1.35. The van der Waals surface area contributed by atoms with Gasteiger partial charge in [-0.15, -0.1) is 11.3 Å². The zero-order valence-electron chi connectivity index (χ0n) is 9.88. The molecule has 0 radical (unpaired) electrons. The second-order valence-electron chi connectivity index (χ2n) is 3.88. The third-order valence-electron chi connectivity index (χ3n) is 2.50. The third kappa shape index (κ3) is 3.94. The van der Waals surface area contributed by atoms with Crippen LogP contribution in [0.3, 0.4) is 0 Å². The van der Waals surface area contributed by atoms with Gasteiger partial charge in [0, 0.05) is 11.4 Å². The molecule has 3 nitrogen and oxygen atoms in total. The molecule has 0 aliphatic rings. The van der Waals surface area contributed by atoms with Gasteiger partial charge in [0.15, 0.2) is 0 Å². The maximum Gasteiger partial charge on any atom is 0.345 e. The van der Waals surface area contributed by atoms with Crippen LogP contribution in [0.15, 0.2) is 6.07 Å². The molecular formula is C12H19NO2S. The van der Waals surface area contributed by atoms with E-state index in [9.17, 15) is 4.79 Å². The molecule has 90 valence electrons. The largest absolute Gasteiger partial charge is 0.477 e. The highest BCUT2D eigenvalue weighted by molar-refractivity contribution is 7.14. The molecule has 0 saturated heterocycles. The summed E-state index contributed by atoms with van der Waals surface area (Å²) in [7, 11) is 0. The van der Waals surface area contributed by atoms with Gasteiger partial charge in [0.2, 0.25) is 0 Å². The first kappa shape index (κ1) is 13.2. The summed E-state index contributed by atoms with van der Waals surface area (Å²) in [5.41, 5.74) is 1.11. The lowest BCUT2D eigenvalue weighted by Gasteiger charge is -2.03. The maximum absolute atomic E-state index is 10.8. The maximum atomic E-state index is 10.8. The lowest BCUT2D eigenvalue weighted by atomic mass is 10.2. The molecule has 0 unspecified atom stereocenters. The number of rotatable bonds is 7. The fraction of sp³-hybridized carbons (Fsp3) is 0.583. The monoisotopic (exact) mass is 241 g/mol. The van der Waals surface area contributed by atoms with Gasteiger partial charge in [-0.1, -0.05) is 19.8 Å². The van der Waals surface area contributed by atoms with Crippen LogP contribution in [0.25, 0.3) is 0 Å². The first-order chi connectivity index (χ1) is 7.65. The van der Waals surface area contributed by atoms with E-state index in [0.29, 0.717) is 4.88 Å². The first-order valence-corrected chi connectivity index (χ1v) is 6.50. The molecule has 1 heterocycles. The Labute approximate surface area is 100 Å². The van der Waals surface area contributed by atoms with Crippen molar-refractivity contribution in [3.63, 3.8) is 0 Å². The zero-order valence-corrected chi connectivity index (χ0v) is 10.7. The highest BCUT2D eigenvalue weighted by Crippen LogP contribution is 2.21. The van der Waals surface area contributed by atoms with Crippen LogP contribution in [-0.4, -0.2) is 17.6 Å². The molecule has 0 atom stereocenters. The number of carboxylic acid groups (broad SMARTS) is 1. The number of carbonyl (C=O) groups is 1. The molecule has 1 aromatic heterocycles. The van der Waals surface area contributed by atoms with E-state index in [0.717, 1.165) is 23.5 Å². The van der Waals surface area contributed by atoms with Gasteiger partial charge in [0.1, 0.15) is 4.88 Å². The fourth-order valence-corrected chi connectivity index (χ4v) is 2.40. The molecule has 0 amide bonds. The molecule has 0 aliphatic heterocycles. The quantitative estimate of drug-likeness (QED) is 0.721. The van der Waals surface area contributed by atoms with Crippen LogP contribution in [0.4, 0.5) is 0 Å². The van der Waals surface area contributed by atoms with Gasteiger partial charge in [0.25, 0.3) is 0 Å². The number of aryl methyl sites for hydroxylation is 1. The molecule has 0 fully saturated rings. The van der Waals surface area contributed by atoms with Crippen molar-refractivity contribution < 1.29 is 9.90 Å². The fourth-order valence-electron chi connectivity index (χ4n) is 1.52. The Morgan fingerprint density at radius 1 is 1.50 bits per heavy atom. The van der Waals surface area contributed by atoms with Gasteiger partial charge in [0.05, 0.1) is 0 Å². The van der Waals surface area contributed by atoms with E-state index in [1.54, 1.807) is 6.07 Å². The van der Waals surface area contributed by atoms with Crippen molar-refractivity contribution in [3.8, 4) is 0 Å². The van der Waals surface area contributed by atoms with Crippen LogP contribution in [0.5, 0.6) is 0 Å². The molecule has 0 spiro atoms. The van der Waals surface area contributed by atoms with E-state index in [1.807, 2.05) is 6.92 Å². The molecular weight excluding hydrogens is 222 g/mol. The van der Waals surface area contributed by atoms with E-state index in [-0.39, 0.29) is 0 Å². The second kappa shape index (κ2) is 6.66. The SMILES string of the molecule is CCCCCNCc1cc(C(=O)O)sc1C. The van der Waals surface area contributed by atoms with Gasteiger partial charge in [-0.05, 0) is 31.5 Å². The summed E-state index contributed by atoms with van der Waals surface area (Å²) in [5, 5.41) is 12.2. The molecule has 1 rings (SSSR count). The van der Waals surface area contributed by atoms with Crippen LogP contribution in [-0.2, 0) is 6.54 Å². The standard InChI is InChI=1S/C12H19NO2S/c1-3-4-5-6-13-8-10-7-11(12(14)15)16-9(10)2/h7,13H,3-6,8H2,1-2H3,(H,14,15). The minimum Gasteiger partial charge on any atom is -0.477 e. The van der Waals surface area contributed by atoms with Gasteiger partial charge in [-0.3, -0.25) is 0 Å². The summed E-state index contributed by atoms with van der Waals surface area (Å²) in [4.78, 5) is 12.3. The van der Waals surface area contributed by atoms with E-state index >= 15 is 0 Å². The number of carboxylic acids is 1. The third-order valence-corrected chi connectivity index (χ3v) is 3.58. The lowest BCUT2D eigenvalue weighted by Crippen LogP contribution is -2.14. The molecule has 0 aliphatic carbocycles. The van der Waals surface area contributed by atoms with Crippen LogP contribution in [0, 0.1) is 6.92 Å². The normalized spacial score (nSPS) is 10.6. The Bertz CT molecular complexity index is 347. The Morgan fingerprint density at radius 3 is 2.81 bits per heavy atom. The van der Waals surface area contributed by atoms with Crippen LogP contribution in [0.2, 0.25) is 0 Å². The predicted molar refractivity (Wildman–Crippen MR) is 67.2 cm³/mol. The summed E-state index contributed by atoms with van der Waals surface area (Å²) in [6, 6.07) is 1.77. The Hall–Kier alpha value is -0.870. The minimum absolute atomic E-state index is 0.433. The Balaban J connectivity index is 2.39. The molecule has 0 saturated carbocycles. The van der Waals surface area contributed by atoms with E-state index in [4.69, 9.17) is 5.11 Å². The zero-order chi connectivity index (χ0) is 12.0. The Morgan fingerprint density at radius 2 is 2.25 bits per heavy atom. The molecule has 4 heteroatoms. The number of hydrogen-bond acceptors (Lipinski definition) is 3. The lowest BCUT2D eigenvalue weighted by molar-refractivity contribution is 0.0702. The van der Waals surface area contributed by atoms with Crippen molar-refractivity contribution >= 4 is 17.3 Å². The summed E-state index contributed by atoms with van der Waals surface area (Å²) in [6.45, 7) is 5.94. The smallest absolute Gasteiger partial charge is 0.345 e. The topological polar surface area (TPSA) is 49.3 Å². The van der Waals surface area contributed by atoms with Crippen molar-refractivity contribution in [1.29, 1.82) is 0 Å². The predicted octanol–water partition coefficient (Wildman–Crippen LogP) is 3.03. The number of unbranched alkanes of at least 4 members (excludes halogenated alkanes) is 2. The number of thiophene rings is 1. The highest BCUT2D eigenvalue weighted by Gasteiger charge is 2.10. The number of hydrogen-bond donors (Lipinski definition) is 2. The van der Waals surface area contributed by atoms with Crippen LogP contribution < -0.4 is 5.32 Å². The minimum atomic E-state index is -0.828. The van der Waals surface area contributed by atoms with Crippen LogP contribution >= 0.6 is 11.3 Å². The van der Waals surface area contributed by atoms with Gasteiger partial charge in [-0.2, -0.15) is 0 Å². The van der Waals surface area contributed by atoms with Crippen molar-refractivity contribution in [3.05, 3.63) is 21.4 Å². The summed E-state index contributed by atoms with van der Waals surface area (Å²) in [5.74, 6) is -0.828.